The second-order valence-corrected chi connectivity index (χ2v) is 10.3. The van der Waals surface area contributed by atoms with Crippen molar-refractivity contribution in [3.05, 3.63) is 120 Å². The van der Waals surface area contributed by atoms with E-state index in [1.807, 2.05) is 0 Å². The van der Waals surface area contributed by atoms with Crippen molar-refractivity contribution in [2.75, 3.05) is 0 Å². The van der Waals surface area contributed by atoms with Gasteiger partial charge in [0.05, 0.1) is 0 Å². The zero-order chi connectivity index (χ0) is 25.4. The molecule has 38 heavy (non-hydrogen) atoms. The van der Waals surface area contributed by atoms with Gasteiger partial charge in [0.1, 0.15) is 22.3 Å². The molecule has 0 amide bonds. The number of rotatable bonds is 2. The fourth-order valence-electron chi connectivity index (χ4n) is 5.96. The Bertz CT molecular complexity index is 2050. The van der Waals surface area contributed by atoms with Crippen LogP contribution >= 0.6 is 0 Å². The second-order valence-electron chi connectivity index (χ2n) is 10.3. The first-order chi connectivity index (χ1) is 18.6. The van der Waals surface area contributed by atoms with Gasteiger partial charge < -0.3 is 8.83 Å². The summed E-state index contributed by atoms with van der Waals surface area (Å²) in [7, 11) is 0. The molecule has 6 aromatic carbocycles. The lowest BCUT2D eigenvalue weighted by Gasteiger charge is -2.04. The highest BCUT2D eigenvalue weighted by Crippen LogP contribution is 2.42. The van der Waals surface area contributed by atoms with Gasteiger partial charge in [-0.3, -0.25) is 0 Å². The van der Waals surface area contributed by atoms with E-state index in [-0.39, 0.29) is 0 Å². The molecule has 0 bridgehead atoms. The molecule has 0 fully saturated rings. The molecule has 2 aromatic heterocycles. The zero-order valence-electron chi connectivity index (χ0n) is 21.2. The van der Waals surface area contributed by atoms with E-state index in [1.54, 1.807) is 0 Å². The summed E-state index contributed by atoms with van der Waals surface area (Å²) in [6.07, 6.45) is 0. The van der Waals surface area contributed by atoms with Crippen LogP contribution in [0.1, 0.15) is 11.1 Å². The van der Waals surface area contributed by atoms with Crippen LogP contribution in [0.4, 0.5) is 0 Å². The molecule has 0 atom stereocenters. The van der Waals surface area contributed by atoms with Crippen LogP contribution in [-0.4, -0.2) is 0 Å². The molecule has 2 nitrogen and oxygen atoms in total. The lowest BCUT2D eigenvalue weighted by atomic mass is 9.97. The van der Waals surface area contributed by atoms with E-state index in [4.69, 9.17) is 8.83 Å². The molecule has 0 saturated heterocycles. The van der Waals surface area contributed by atoms with Gasteiger partial charge in [-0.05, 0) is 95.4 Å². The first-order valence-corrected chi connectivity index (χ1v) is 13.0. The number of aryl methyl sites for hydroxylation is 2. The Hall–Kier alpha value is -4.82. The largest absolute Gasteiger partial charge is 0.456 e. The summed E-state index contributed by atoms with van der Waals surface area (Å²) in [6.45, 7) is 4.25. The Morgan fingerprint density at radius 2 is 0.789 bits per heavy atom. The normalized spacial score (nSPS) is 11.9. The Morgan fingerprint density at radius 1 is 0.368 bits per heavy atom. The highest BCUT2D eigenvalue weighted by molar-refractivity contribution is 6.27. The van der Waals surface area contributed by atoms with Crippen LogP contribution in [0.5, 0.6) is 0 Å². The van der Waals surface area contributed by atoms with Crippen LogP contribution in [-0.2, 0) is 0 Å². The molecule has 0 spiro atoms. The number of furan rings is 2. The topological polar surface area (TPSA) is 26.3 Å². The third kappa shape index (κ3) is 3.13. The number of hydrogen-bond donors (Lipinski definition) is 0. The SMILES string of the molecule is Cc1cccc(-c2ccc3c(c2)oc2ccc4c(ccc5oc6cc(-c7cccc(C)c7)ccc6c54)c23)c1. The van der Waals surface area contributed by atoms with E-state index < -0.39 is 0 Å². The van der Waals surface area contributed by atoms with E-state index in [0.29, 0.717) is 0 Å². The molecule has 0 unspecified atom stereocenters. The van der Waals surface area contributed by atoms with E-state index >= 15 is 0 Å². The summed E-state index contributed by atoms with van der Waals surface area (Å²) in [6, 6.07) is 38.8. The molecule has 8 rings (SSSR count). The Balaban J connectivity index is 1.35. The molecule has 8 aromatic rings. The molecule has 0 aliphatic carbocycles. The van der Waals surface area contributed by atoms with Crippen molar-refractivity contribution in [1.82, 2.24) is 0 Å². The number of benzene rings is 6. The van der Waals surface area contributed by atoms with Crippen LogP contribution < -0.4 is 0 Å². The van der Waals surface area contributed by atoms with Gasteiger partial charge in [-0.25, -0.2) is 0 Å². The highest BCUT2D eigenvalue weighted by Gasteiger charge is 2.16. The van der Waals surface area contributed by atoms with Crippen molar-refractivity contribution in [2.45, 2.75) is 13.8 Å². The summed E-state index contributed by atoms with van der Waals surface area (Å²) in [5, 5.41) is 6.94. The van der Waals surface area contributed by atoms with Gasteiger partial charge in [0, 0.05) is 21.5 Å². The zero-order valence-corrected chi connectivity index (χ0v) is 21.2. The summed E-state index contributed by atoms with van der Waals surface area (Å²) < 4.78 is 12.8. The van der Waals surface area contributed by atoms with E-state index in [1.165, 1.54) is 33.0 Å². The molecular formula is C36H24O2. The van der Waals surface area contributed by atoms with Gasteiger partial charge in [0.15, 0.2) is 0 Å². The van der Waals surface area contributed by atoms with Crippen LogP contribution in [0.2, 0.25) is 0 Å². The lowest BCUT2D eigenvalue weighted by Crippen LogP contribution is -1.80. The Kier molecular flexibility index (Phi) is 4.39. The van der Waals surface area contributed by atoms with Crippen LogP contribution in [0.25, 0.3) is 76.9 Å². The van der Waals surface area contributed by atoms with Crippen LogP contribution in [0, 0.1) is 13.8 Å². The van der Waals surface area contributed by atoms with Gasteiger partial charge in [0.2, 0.25) is 0 Å². The minimum absolute atomic E-state index is 0.905. The van der Waals surface area contributed by atoms with Gasteiger partial charge >= 0.3 is 0 Å². The fourth-order valence-corrected chi connectivity index (χ4v) is 5.96. The third-order valence-electron chi connectivity index (χ3n) is 7.77. The standard InChI is InChI=1S/C36H24O2/c1-21-5-3-7-23(17-21)25-9-11-29-33(19-25)37-31-15-13-28-27(35(29)31)14-16-32-36(28)30-12-10-26(20-34(30)38-32)24-8-4-6-22(2)18-24/h3-20H,1-2H3. The quantitative estimate of drug-likeness (QED) is 0.242. The molecular weight excluding hydrogens is 464 g/mol. The Labute approximate surface area is 219 Å². The molecule has 2 heterocycles. The Morgan fingerprint density at radius 3 is 1.24 bits per heavy atom. The van der Waals surface area contributed by atoms with E-state index in [9.17, 15) is 0 Å². The van der Waals surface area contributed by atoms with Crippen molar-refractivity contribution in [1.29, 1.82) is 0 Å². The molecule has 0 aliphatic heterocycles. The first-order valence-electron chi connectivity index (χ1n) is 13.0. The van der Waals surface area contributed by atoms with Gasteiger partial charge in [-0.2, -0.15) is 0 Å². The highest BCUT2D eigenvalue weighted by atomic mass is 16.3. The first kappa shape index (κ1) is 21.3. The lowest BCUT2D eigenvalue weighted by molar-refractivity contribution is 0.668. The maximum Gasteiger partial charge on any atom is 0.136 e. The van der Waals surface area contributed by atoms with Crippen LogP contribution in [0.3, 0.4) is 0 Å². The average molecular weight is 489 g/mol. The van der Waals surface area contributed by atoms with Gasteiger partial charge in [-0.1, -0.05) is 71.8 Å². The summed E-state index contributed by atoms with van der Waals surface area (Å²) in [5.41, 5.74) is 10.9. The predicted molar refractivity (Wildman–Crippen MR) is 159 cm³/mol. The monoisotopic (exact) mass is 488 g/mol. The number of fused-ring (bicyclic) bond motifs is 9. The van der Waals surface area contributed by atoms with Crippen LogP contribution in [0.15, 0.2) is 118 Å². The van der Waals surface area contributed by atoms with Gasteiger partial charge in [-0.15, -0.1) is 0 Å². The molecule has 180 valence electrons. The van der Waals surface area contributed by atoms with Crippen molar-refractivity contribution in [3.8, 4) is 22.3 Å². The molecule has 0 aliphatic rings. The summed E-state index contributed by atoms with van der Waals surface area (Å²) >= 11 is 0. The number of hydrogen-bond acceptors (Lipinski definition) is 2. The molecule has 2 heteroatoms. The smallest absolute Gasteiger partial charge is 0.136 e. The van der Waals surface area contributed by atoms with Crippen molar-refractivity contribution < 1.29 is 8.83 Å². The van der Waals surface area contributed by atoms with E-state index in [2.05, 4.69) is 123 Å². The van der Waals surface area contributed by atoms with E-state index in [0.717, 1.165) is 55.0 Å². The fraction of sp³-hybridized carbons (Fsp3) is 0.0556. The van der Waals surface area contributed by atoms with Gasteiger partial charge in [0.25, 0.3) is 0 Å². The van der Waals surface area contributed by atoms with Crippen molar-refractivity contribution in [3.63, 3.8) is 0 Å². The second kappa shape index (κ2) is 7.84. The molecule has 0 saturated carbocycles. The third-order valence-corrected chi connectivity index (χ3v) is 7.77. The minimum atomic E-state index is 0.905. The predicted octanol–water partition coefficient (Wildman–Crippen LogP) is 10.6. The van der Waals surface area contributed by atoms with Crippen molar-refractivity contribution in [2.24, 2.45) is 0 Å². The maximum atomic E-state index is 6.38. The summed E-state index contributed by atoms with van der Waals surface area (Å²) in [5.74, 6) is 0. The molecule has 0 N–H and O–H groups in total. The molecule has 0 radical (unpaired) electrons. The summed E-state index contributed by atoms with van der Waals surface area (Å²) in [4.78, 5) is 0. The van der Waals surface area contributed by atoms with Crippen molar-refractivity contribution >= 4 is 54.6 Å². The maximum absolute atomic E-state index is 6.38. The minimum Gasteiger partial charge on any atom is -0.456 e. The average Bonchev–Trinajstić information content (AvgIpc) is 3.50.